The van der Waals surface area contributed by atoms with Crippen molar-refractivity contribution in [3.8, 4) is 0 Å². The summed E-state index contributed by atoms with van der Waals surface area (Å²) in [5.74, 6) is 0.574. The third kappa shape index (κ3) is 4.29. The lowest BCUT2D eigenvalue weighted by atomic mass is 10.1. The fourth-order valence-corrected chi connectivity index (χ4v) is 2.70. The van der Waals surface area contributed by atoms with Gasteiger partial charge in [0.1, 0.15) is 5.82 Å². The summed E-state index contributed by atoms with van der Waals surface area (Å²) in [6.45, 7) is 6.85. The van der Waals surface area contributed by atoms with Crippen molar-refractivity contribution in [1.29, 1.82) is 0 Å². The summed E-state index contributed by atoms with van der Waals surface area (Å²) in [6, 6.07) is 11.4. The number of aryl methyl sites for hydroxylation is 3. The van der Waals surface area contributed by atoms with Gasteiger partial charge in [-0.2, -0.15) is 5.10 Å². The Kier molecular flexibility index (Phi) is 4.88. The van der Waals surface area contributed by atoms with Gasteiger partial charge in [-0.25, -0.2) is 9.97 Å². The third-order valence-electron chi connectivity index (χ3n) is 3.89. The Balaban J connectivity index is 1.68. The molecular weight excluding hydrogens is 314 g/mol. The SMILES string of the molecule is Cc1cc(C)n(Cc2cccc(C(=O)NCc3ccnc(C)n3)c2)n1. The van der Waals surface area contributed by atoms with Gasteiger partial charge in [0.2, 0.25) is 0 Å². The molecule has 0 radical (unpaired) electrons. The van der Waals surface area contributed by atoms with Crippen LogP contribution < -0.4 is 5.32 Å². The molecule has 0 atom stereocenters. The molecule has 1 aromatic carbocycles. The van der Waals surface area contributed by atoms with E-state index in [0.717, 1.165) is 22.6 Å². The van der Waals surface area contributed by atoms with E-state index in [1.807, 2.05) is 55.8 Å². The summed E-state index contributed by atoms with van der Waals surface area (Å²) >= 11 is 0. The number of nitrogens with one attached hydrogen (secondary N) is 1. The molecule has 0 saturated carbocycles. The molecule has 0 bridgehead atoms. The van der Waals surface area contributed by atoms with Crippen molar-refractivity contribution >= 4 is 5.91 Å². The zero-order chi connectivity index (χ0) is 17.8. The molecule has 2 heterocycles. The van der Waals surface area contributed by atoms with E-state index >= 15 is 0 Å². The highest BCUT2D eigenvalue weighted by atomic mass is 16.1. The van der Waals surface area contributed by atoms with Crippen molar-refractivity contribution in [2.75, 3.05) is 0 Å². The molecule has 0 aliphatic heterocycles. The highest BCUT2D eigenvalue weighted by Gasteiger charge is 2.08. The van der Waals surface area contributed by atoms with Gasteiger partial charge in [0.15, 0.2) is 0 Å². The van der Waals surface area contributed by atoms with Gasteiger partial charge in [-0.1, -0.05) is 12.1 Å². The standard InChI is InChI=1S/C19H21N5O/c1-13-9-14(2)24(23-13)12-16-5-4-6-17(10-16)19(25)21-11-18-7-8-20-15(3)22-18/h4-10H,11-12H2,1-3H3,(H,21,25). The Morgan fingerprint density at radius 1 is 1.16 bits per heavy atom. The number of rotatable bonds is 5. The monoisotopic (exact) mass is 335 g/mol. The maximum atomic E-state index is 12.4. The minimum Gasteiger partial charge on any atom is -0.346 e. The average molecular weight is 335 g/mol. The average Bonchev–Trinajstić information content (AvgIpc) is 2.90. The van der Waals surface area contributed by atoms with Crippen LogP contribution in [0.15, 0.2) is 42.6 Å². The van der Waals surface area contributed by atoms with Crippen molar-refractivity contribution in [3.63, 3.8) is 0 Å². The van der Waals surface area contributed by atoms with Gasteiger partial charge >= 0.3 is 0 Å². The zero-order valence-corrected chi connectivity index (χ0v) is 14.7. The van der Waals surface area contributed by atoms with Crippen molar-refractivity contribution in [2.24, 2.45) is 0 Å². The van der Waals surface area contributed by atoms with Gasteiger partial charge in [0, 0.05) is 17.5 Å². The third-order valence-corrected chi connectivity index (χ3v) is 3.89. The van der Waals surface area contributed by atoms with Crippen LogP contribution in [0.3, 0.4) is 0 Å². The largest absolute Gasteiger partial charge is 0.346 e. The Morgan fingerprint density at radius 2 is 2.00 bits per heavy atom. The molecule has 0 unspecified atom stereocenters. The Bertz CT molecular complexity index is 900. The number of nitrogens with zero attached hydrogens (tertiary/aromatic N) is 4. The number of aromatic nitrogens is 4. The number of amides is 1. The van der Waals surface area contributed by atoms with E-state index in [0.29, 0.717) is 24.5 Å². The zero-order valence-electron chi connectivity index (χ0n) is 14.7. The van der Waals surface area contributed by atoms with Crippen LogP contribution in [-0.4, -0.2) is 25.7 Å². The first-order valence-corrected chi connectivity index (χ1v) is 8.18. The first-order chi connectivity index (χ1) is 12.0. The number of carbonyl (C=O) groups is 1. The van der Waals surface area contributed by atoms with Gasteiger partial charge < -0.3 is 5.32 Å². The molecule has 3 rings (SSSR count). The second-order valence-electron chi connectivity index (χ2n) is 6.06. The Morgan fingerprint density at radius 3 is 2.72 bits per heavy atom. The summed E-state index contributed by atoms with van der Waals surface area (Å²) in [5.41, 5.74) is 4.55. The van der Waals surface area contributed by atoms with E-state index in [4.69, 9.17) is 0 Å². The van der Waals surface area contributed by atoms with Gasteiger partial charge in [0.05, 0.1) is 24.5 Å². The molecular formula is C19H21N5O. The summed E-state index contributed by atoms with van der Waals surface area (Å²) in [7, 11) is 0. The van der Waals surface area contributed by atoms with Gasteiger partial charge in [-0.3, -0.25) is 9.48 Å². The van der Waals surface area contributed by atoms with Crippen LogP contribution in [0.1, 0.15) is 38.8 Å². The van der Waals surface area contributed by atoms with E-state index < -0.39 is 0 Å². The van der Waals surface area contributed by atoms with Gasteiger partial charge in [0.25, 0.3) is 5.91 Å². The van der Waals surface area contributed by atoms with Crippen molar-refractivity contribution in [2.45, 2.75) is 33.9 Å². The van der Waals surface area contributed by atoms with E-state index in [1.54, 1.807) is 12.3 Å². The van der Waals surface area contributed by atoms with Crippen LogP contribution in [0.5, 0.6) is 0 Å². The Hall–Kier alpha value is -3.02. The number of carbonyl (C=O) groups excluding carboxylic acids is 1. The molecule has 0 fully saturated rings. The van der Waals surface area contributed by atoms with Crippen molar-refractivity contribution < 1.29 is 4.79 Å². The minimum absolute atomic E-state index is 0.119. The molecule has 25 heavy (non-hydrogen) atoms. The van der Waals surface area contributed by atoms with Crippen LogP contribution in [0, 0.1) is 20.8 Å². The topological polar surface area (TPSA) is 72.7 Å². The van der Waals surface area contributed by atoms with Crippen molar-refractivity contribution in [3.05, 3.63) is 76.6 Å². The van der Waals surface area contributed by atoms with Crippen LogP contribution in [0.25, 0.3) is 0 Å². The van der Waals surface area contributed by atoms with Crippen molar-refractivity contribution in [1.82, 2.24) is 25.1 Å². The summed E-state index contributed by atoms with van der Waals surface area (Å²) in [6.07, 6.45) is 1.69. The molecule has 0 aliphatic rings. The van der Waals surface area contributed by atoms with Crippen LogP contribution in [0.2, 0.25) is 0 Å². The molecule has 1 amide bonds. The van der Waals surface area contributed by atoms with Crippen LogP contribution in [0.4, 0.5) is 0 Å². The highest BCUT2D eigenvalue weighted by Crippen LogP contribution is 2.10. The predicted molar refractivity (Wildman–Crippen MR) is 95.2 cm³/mol. The Labute approximate surface area is 146 Å². The molecule has 128 valence electrons. The van der Waals surface area contributed by atoms with E-state index in [-0.39, 0.29) is 5.91 Å². The minimum atomic E-state index is -0.119. The molecule has 6 nitrogen and oxygen atoms in total. The molecule has 0 aliphatic carbocycles. The molecule has 3 aromatic rings. The first-order valence-electron chi connectivity index (χ1n) is 8.18. The highest BCUT2D eigenvalue weighted by molar-refractivity contribution is 5.94. The second kappa shape index (κ2) is 7.25. The fourth-order valence-electron chi connectivity index (χ4n) is 2.70. The lowest BCUT2D eigenvalue weighted by Gasteiger charge is -2.08. The summed E-state index contributed by atoms with van der Waals surface area (Å²) in [4.78, 5) is 20.7. The fraction of sp³-hybridized carbons (Fsp3) is 0.263. The van der Waals surface area contributed by atoms with Gasteiger partial charge in [-0.15, -0.1) is 0 Å². The summed E-state index contributed by atoms with van der Waals surface area (Å²) < 4.78 is 1.94. The molecule has 0 saturated heterocycles. The first kappa shape index (κ1) is 16.8. The maximum absolute atomic E-state index is 12.4. The van der Waals surface area contributed by atoms with Crippen LogP contribution >= 0.6 is 0 Å². The lowest BCUT2D eigenvalue weighted by Crippen LogP contribution is -2.23. The molecule has 1 N–H and O–H groups in total. The van der Waals surface area contributed by atoms with Gasteiger partial charge in [-0.05, 0) is 50.6 Å². The number of hydrogen-bond acceptors (Lipinski definition) is 4. The maximum Gasteiger partial charge on any atom is 0.251 e. The molecule has 0 spiro atoms. The number of hydrogen-bond donors (Lipinski definition) is 1. The number of benzene rings is 1. The van der Waals surface area contributed by atoms with Crippen LogP contribution in [-0.2, 0) is 13.1 Å². The smallest absolute Gasteiger partial charge is 0.251 e. The second-order valence-corrected chi connectivity index (χ2v) is 6.06. The van der Waals surface area contributed by atoms with E-state index in [9.17, 15) is 4.79 Å². The quantitative estimate of drug-likeness (QED) is 0.778. The lowest BCUT2D eigenvalue weighted by molar-refractivity contribution is 0.0950. The normalized spacial score (nSPS) is 10.7. The molecule has 6 heteroatoms. The van der Waals surface area contributed by atoms with E-state index in [2.05, 4.69) is 20.4 Å². The predicted octanol–water partition coefficient (Wildman–Crippen LogP) is 2.58. The molecule has 2 aromatic heterocycles. The summed E-state index contributed by atoms with van der Waals surface area (Å²) in [5, 5.41) is 7.36. The van der Waals surface area contributed by atoms with E-state index in [1.165, 1.54) is 0 Å².